The number of piperazine rings is 1. The molecule has 4 rings (SSSR count). The summed E-state index contributed by atoms with van der Waals surface area (Å²) in [5.74, 6) is 0. The predicted octanol–water partition coefficient (Wildman–Crippen LogP) is 4.75. The van der Waals surface area contributed by atoms with E-state index in [2.05, 4.69) is 48.6 Å². The molecule has 1 saturated heterocycles. The second-order valence-corrected chi connectivity index (χ2v) is 11.6. The Morgan fingerprint density at radius 1 is 1.18 bits per heavy atom. The van der Waals surface area contributed by atoms with Crippen molar-refractivity contribution in [3.05, 3.63) is 53.6 Å². The van der Waals surface area contributed by atoms with Crippen molar-refractivity contribution in [3.8, 4) is 6.07 Å². The second-order valence-electron chi connectivity index (χ2n) is 11.6. The summed E-state index contributed by atoms with van der Waals surface area (Å²) >= 11 is 0. The number of amides is 1. The van der Waals surface area contributed by atoms with Gasteiger partial charge in [0.25, 0.3) is 0 Å². The lowest BCUT2D eigenvalue weighted by atomic mass is 9.64. The van der Waals surface area contributed by atoms with Crippen molar-refractivity contribution in [1.29, 1.82) is 5.26 Å². The largest absolute Gasteiger partial charge is 0.446 e. The fourth-order valence-corrected chi connectivity index (χ4v) is 6.07. The molecule has 1 aliphatic carbocycles. The maximum Gasteiger partial charge on any atom is 0.410 e. The van der Waals surface area contributed by atoms with Gasteiger partial charge in [0.1, 0.15) is 6.10 Å². The highest BCUT2D eigenvalue weighted by Crippen LogP contribution is 2.46. The van der Waals surface area contributed by atoms with Gasteiger partial charge in [-0.05, 0) is 47.8 Å². The maximum atomic E-state index is 13.2. The first kappa shape index (κ1) is 24.3. The standard InChI is InChI=1S/C27H37N5O2/c1-26(2)12-24(13-27(3,4)18-26)34-25(33)32-10-9-31(16-21-7-5-20(14-28)6-8-21)23(17-32)11-22-15-29-19-30-22/h5-8,15,19,23-24H,9-13,16-18H2,1-4H3,(H,29,30). The topological polar surface area (TPSA) is 85.2 Å². The molecule has 0 spiro atoms. The van der Waals surface area contributed by atoms with Crippen LogP contribution >= 0.6 is 0 Å². The lowest BCUT2D eigenvalue weighted by molar-refractivity contribution is -0.0325. The van der Waals surface area contributed by atoms with Gasteiger partial charge in [0, 0.05) is 50.5 Å². The van der Waals surface area contributed by atoms with Crippen molar-refractivity contribution in [2.45, 2.75) is 72.1 Å². The molecule has 0 bridgehead atoms. The van der Waals surface area contributed by atoms with E-state index in [4.69, 9.17) is 10.00 Å². The predicted molar refractivity (Wildman–Crippen MR) is 131 cm³/mol. The Balaban J connectivity index is 1.43. The summed E-state index contributed by atoms with van der Waals surface area (Å²) in [6.07, 6.45) is 7.08. The van der Waals surface area contributed by atoms with Crippen LogP contribution in [0, 0.1) is 22.2 Å². The summed E-state index contributed by atoms with van der Waals surface area (Å²) in [6, 6.07) is 10.1. The highest BCUT2D eigenvalue weighted by Gasteiger charge is 2.41. The molecule has 0 radical (unpaired) electrons. The third kappa shape index (κ3) is 6.18. The third-order valence-electron chi connectivity index (χ3n) is 7.13. The zero-order valence-electron chi connectivity index (χ0n) is 20.9. The van der Waals surface area contributed by atoms with E-state index in [0.717, 1.165) is 50.0 Å². The number of aromatic amines is 1. The number of aromatic nitrogens is 2. The summed E-state index contributed by atoms with van der Waals surface area (Å²) in [6.45, 7) is 11.9. The fourth-order valence-electron chi connectivity index (χ4n) is 6.07. The molecule has 7 nitrogen and oxygen atoms in total. The number of hydrogen-bond donors (Lipinski definition) is 1. The first-order chi connectivity index (χ1) is 16.1. The number of carbonyl (C=O) groups excluding carboxylic acids is 1. The Kier molecular flexibility index (Phi) is 6.99. The van der Waals surface area contributed by atoms with Crippen molar-refractivity contribution in [3.63, 3.8) is 0 Å². The lowest BCUT2D eigenvalue weighted by Crippen LogP contribution is -2.55. The first-order valence-corrected chi connectivity index (χ1v) is 12.3. The molecule has 1 aromatic heterocycles. The Morgan fingerprint density at radius 3 is 2.50 bits per heavy atom. The quantitative estimate of drug-likeness (QED) is 0.691. The molecule has 2 heterocycles. The number of nitriles is 1. The molecule has 7 heteroatoms. The van der Waals surface area contributed by atoms with Gasteiger partial charge in [-0.15, -0.1) is 0 Å². The Morgan fingerprint density at radius 2 is 1.88 bits per heavy atom. The smallest absolute Gasteiger partial charge is 0.410 e. The summed E-state index contributed by atoms with van der Waals surface area (Å²) < 4.78 is 6.08. The van der Waals surface area contributed by atoms with Crippen LogP contribution in [0.1, 0.15) is 63.8 Å². The maximum absolute atomic E-state index is 13.2. The molecule has 1 saturated carbocycles. The van der Waals surface area contributed by atoms with Crippen molar-refractivity contribution in [2.24, 2.45) is 10.8 Å². The molecule has 1 N–H and O–H groups in total. The van der Waals surface area contributed by atoms with Crippen molar-refractivity contribution in [1.82, 2.24) is 19.8 Å². The highest BCUT2D eigenvalue weighted by atomic mass is 16.6. The van der Waals surface area contributed by atoms with E-state index in [1.54, 1.807) is 6.33 Å². The number of carbonyl (C=O) groups is 1. The van der Waals surface area contributed by atoms with E-state index in [-0.39, 0.29) is 29.1 Å². The molecule has 1 amide bonds. The molecule has 2 aliphatic rings. The van der Waals surface area contributed by atoms with Crippen LogP contribution in [0.5, 0.6) is 0 Å². The second kappa shape index (κ2) is 9.79. The number of hydrogen-bond acceptors (Lipinski definition) is 5. The number of rotatable bonds is 5. The third-order valence-corrected chi connectivity index (χ3v) is 7.13. The first-order valence-electron chi connectivity index (χ1n) is 12.3. The minimum absolute atomic E-state index is 0.0333. The van der Waals surface area contributed by atoms with Gasteiger partial charge in [-0.25, -0.2) is 9.78 Å². The number of nitrogens with one attached hydrogen (secondary N) is 1. The number of ether oxygens (including phenoxy) is 1. The molecule has 1 unspecified atom stereocenters. The van der Waals surface area contributed by atoms with E-state index in [0.29, 0.717) is 18.7 Å². The number of imidazole rings is 1. The summed E-state index contributed by atoms with van der Waals surface area (Å²) in [7, 11) is 0. The Hall–Kier alpha value is -2.85. The van der Waals surface area contributed by atoms with Crippen molar-refractivity contribution < 1.29 is 9.53 Å². The minimum Gasteiger partial charge on any atom is -0.446 e. The number of nitrogens with zero attached hydrogens (tertiary/aromatic N) is 4. The van der Waals surface area contributed by atoms with Gasteiger partial charge >= 0.3 is 6.09 Å². The average Bonchev–Trinajstić information content (AvgIpc) is 3.26. The molecule has 182 valence electrons. The van der Waals surface area contributed by atoms with Crippen LogP contribution in [0.25, 0.3) is 0 Å². The summed E-state index contributed by atoms with van der Waals surface area (Å²) in [4.78, 5) is 24.9. The normalized spacial score (nSPS) is 22.8. The van der Waals surface area contributed by atoms with Gasteiger partial charge < -0.3 is 14.6 Å². The van der Waals surface area contributed by atoms with Crippen molar-refractivity contribution in [2.75, 3.05) is 19.6 Å². The van der Waals surface area contributed by atoms with Gasteiger partial charge in [-0.2, -0.15) is 5.26 Å². The van der Waals surface area contributed by atoms with E-state index in [1.807, 2.05) is 35.4 Å². The Labute approximate surface area is 203 Å². The van der Waals surface area contributed by atoms with Crippen LogP contribution in [0.2, 0.25) is 0 Å². The zero-order chi connectivity index (χ0) is 24.3. The zero-order valence-corrected chi connectivity index (χ0v) is 20.9. The van der Waals surface area contributed by atoms with Gasteiger partial charge in [-0.3, -0.25) is 4.90 Å². The highest BCUT2D eigenvalue weighted by molar-refractivity contribution is 5.68. The minimum atomic E-state index is -0.189. The molecular formula is C27H37N5O2. The average molecular weight is 464 g/mol. The lowest BCUT2D eigenvalue weighted by Gasteiger charge is -2.45. The van der Waals surface area contributed by atoms with Crippen LogP contribution in [0.15, 0.2) is 36.8 Å². The monoisotopic (exact) mass is 463 g/mol. The molecule has 1 atom stereocenters. The van der Waals surface area contributed by atoms with Crippen molar-refractivity contribution >= 4 is 6.09 Å². The molecular weight excluding hydrogens is 426 g/mol. The van der Waals surface area contributed by atoms with Gasteiger partial charge in [0.15, 0.2) is 0 Å². The SMILES string of the molecule is CC1(C)CC(OC(=O)N2CCN(Cc3ccc(C#N)cc3)C(Cc3cnc[nH]3)C2)CC(C)(C)C1. The molecule has 1 aliphatic heterocycles. The number of H-pyrrole nitrogens is 1. The molecule has 2 aromatic rings. The van der Waals surface area contributed by atoms with Crippen LogP contribution in [0.4, 0.5) is 4.79 Å². The fraction of sp³-hybridized carbons (Fsp3) is 0.593. The Bertz CT molecular complexity index is 991. The number of benzene rings is 1. The van der Waals surface area contributed by atoms with E-state index in [9.17, 15) is 4.79 Å². The van der Waals surface area contributed by atoms with Crippen LogP contribution in [-0.4, -0.2) is 57.6 Å². The van der Waals surface area contributed by atoms with E-state index in [1.165, 1.54) is 0 Å². The molecule has 34 heavy (non-hydrogen) atoms. The summed E-state index contributed by atoms with van der Waals surface area (Å²) in [5.41, 5.74) is 3.24. The van der Waals surface area contributed by atoms with Crippen LogP contribution in [-0.2, 0) is 17.7 Å². The molecule has 2 fully saturated rings. The van der Waals surface area contributed by atoms with Gasteiger partial charge in [0.2, 0.25) is 0 Å². The van der Waals surface area contributed by atoms with Gasteiger partial charge in [0.05, 0.1) is 18.0 Å². The summed E-state index contributed by atoms with van der Waals surface area (Å²) in [5, 5.41) is 9.07. The van der Waals surface area contributed by atoms with E-state index < -0.39 is 0 Å². The van der Waals surface area contributed by atoms with E-state index >= 15 is 0 Å². The van der Waals surface area contributed by atoms with Crippen LogP contribution < -0.4 is 0 Å². The van der Waals surface area contributed by atoms with Gasteiger partial charge in [-0.1, -0.05) is 39.8 Å². The van der Waals surface area contributed by atoms with Crippen LogP contribution in [0.3, 0.4) is 0 Å². The molecule has 1 aromatic carbocycles.